The number of benzene rings is 2. The normalized spacial score (nSPS) is 11.9. The van der Waals surface area contributed by atoms with E-state index in [-0.39, 0.29) is 23.7 Å². The molecule has 0 saturated carbocycles. The standard InChI is InChI=1S/C23H24N4O4S/c1-17(27(32(2,30)31)19-10-4-3-5-11-19)22(28)26-21-13-7-6-12-20(21)23(29)25-16-18-9-8-14-24-15-18/h3-15,17H,16H2,1-2H3,(H,25,29)(H,26,28)/t17-/m0/s1. The molecule has 0 saturated heterocycles. The van der Waals surface area contributed by atoms with Gasteiger partial charge < -0.3 is 10.6 Å². The number of anilines is 2. The summed E-state index contributed by atoms with van der Waals surface area (Å²) in [6.45, 7) is 1.77. The Kier molecular flexibility index (Phi) is 7.21. The van der Waals surface area contributed by atoms with E-state index in [9.17, 15) is 18.0 Å². The van der Waals surface area contributed by atoms with E-state index in [1.807, 2.05) is 6.07 Å². The number of carbonyl (C=O) groups excluding carboxylic acids is 2. The van der Waals surface area contributed by atoms with Crippen LogP contribution in [0.2, 0.25) is 0 Å². The van der Waals surface area contributed by atoms with Crippen LogP contribution in [0.4, 0.5) is 11.4 Å². The first-order chi connectivity index (χ1) is 15.3. The number of nitrogens with zero attached hydrogens (tertiary/aromatic N) is 2. The van der Waals surface area contributed by atoms with Crippen molar-refractivity contribution < 1.29 is 18.0 Å². The molecule has 32 heavy (non-hydrogen) atoms. The van der Waals surface area contributed by atoms with Gasteiger partial charge in [0, 0.05) is 18.9 Å². The molecule has 9 heteroatoms. The molecule has 2 N–H and O–H groups in total. The second-order valence-electron chi connectivity index (χ2n) is 7.15. The summed E-state index contributed by atoms with van der Waals surface area (Å²) in [7, 11) is -3.73. The number of pyridine rings is 1. The van der Waals surface area contributed by atoms with Gasteiger partial charge in [-0.25, -0.2) is 8.42 Å². The quantitative estimate of drug-likeness (QED) is 0.546. The van der Waals surface area contributed by atoms with E-state index in [4.69, 9.17) is 0 Å². The zero-order valence-electron chi connectivity index (χ0n) is 17.7. The van der Waals surface area contributed by atoms with Crippen molar-refractivity contribution in [1.82, 2.24) is 10.3 Å². The Morgan fingerprint density at radius 1 is 1.00 bits per heavy atom. The van der Waals surface area contributed by atoms with Crippen LogP contribution in [-0.2, 0) is 21.4 Å². The van der Waals surface area contributed by atoms with E-state index in [0.29, 0.717) is 5.69 Å². The van der Waals surface area contributed by atoms with Crippen LogP contribution in [0.25, 0.3) is 0 Å². The molecule has 0 aliphatic rings. The number of hydrogen-bond donors (Lipinski definition) is 2. The molecule has 0 bridgehead atoms. The minimum absolute atomic E-state index is 0.266. The summed E-state index contributed by atoms with van der Waals surface area (Å²) in [6.07, 6.45) is 4.34. The second kappa shape index (κ2) is 10.1. The Morgan fingerprint density at radius 3 is 2.34 bits per heavy atom. The van der Waals surface area contributed by atoms with Crippen LogP contribution in [0.1, 0.15) is 22.8 Å². The minimum Gasteiger partial charge on any atom is -0.348 e. The maximum absolute atomic E-state index is 13.0. The van der Waals surface area contributed by atoms with Crippen LogP contribution in [0.5, 0.6) is 0 Å². The highest BCUT2D eigenvalue weighted by Gasteiger charge is 2.29. The third-order valence-corrected chi connectivity index (χ3v) is 5.95. The number of para-hydroxylation sites is 2. The Morgan fingerprint density at radius 2 is 1.69 bits per heavy atom. The average Bonchev–Trinajstić information content (AvgIpc) is 2.78. The average molecular weight is 453 g/mol. The minimum atomic E-state index is -3.73. The molecule has 0 aliphatic heterocycles. The van der Waals surface area contributed by atoms with Crippen molar-refractivity contribution in [3.63, 3.8) is 0 Å². The fourth-order valence-corrected chi connectivity index (χ4v) is 4.37. The largest absolute Gasteiger partial charge is 0.348 e. The van der Waals surface area contributed by atoms with Gasteiger partial charge >= 0.3 is 0 Å². The predicted octanol–water partition coefficient (Wildman–Crippen LogP) is 2.80. The van der Waals surface area contributed by atoms with Crippen molar-refractivity contribution in [1.29, 1.82) is 0 Å². The van der Waals surface area contributed by atoms with Gasteiger partial charge in [-0.15, -0.1) is 0 Å². The van der Waals surface area contributed by atoms with Crippen molar-refractivity contribution >= 4 is 33.2 Å². The Balaban J connectivity index is 1.78. The smallest absolute Gasteiger partial charge is 0.253 e. The number of rotatable bonds is 8. The van der Waals surface area contributed by atoms with Crippen LogP contribution < -0.4 is 14.9 Å². The third-order valence-electron chi connectivity index (χ3n) is 4.70. The molecule has 1 atom stereocenters. The van der Waals surface area contributed by atoms with E-state index in [0.717, 1.165) is 16.1 Å². The molecule has 2 aromatic carbocycles. The van der Waals surface area contributed by atoms with Crippen LogP contribution in [0.15, 0.2) is 79.1 Å². The van der Waals surface area contributed by atoms with Crippen LogP contribution in [0, 0.1) is 0 Å². The van der Waals surface area contributed by atoms with Crippen LogP contribution in [0.3, 0.4) is 0 Å². The lowest BCUT2D eigenvalue weighted by molar-refractivity contribution is -0.116. The molecular weight excluding hydrogens is 428 g/mol. The van der Waals surface area contributed by atoms with Crippen molar-refractivity contribution in [2.75, 3.05) is 15.9 Å². The van der Waals surface area contributed by atoms with Gasteiger partial charge in [-0.3, -0.25) is 18.9 Å². The number of carbonyl (C=O) groups is 2. The van der Waals surface area contributed by atoms with Gasteiger partial charge in [0.05, 0.1) is 23.2 Å². The molecular formula is C23H24N4O4S. The lowest BCUT2D eigenvalue weighted by Crippen LogP contribution is -2.45. The third kappa shape index (κ3) is 5.70. The van der Waals surface area contributed by atoms with E-state index in [1.165, 1.54) is 6.92 Å². The molecule has 8 nitrogen and oxygen atoms in total. The summed E-state index contributed by atoms with van der Waals surface area (Å²) in [5.41, 5.74) is 1.76. The molecule has 0 spiro atoms. The maximum atomic E-state index is 13.0. The van der Waals surface area contributed by atoms with Crippen molar-refractivity contribution in [2.45, 2.75) is 19.5 Å². The molecule has 0 unspecified atom stereocenters. The van der Waals surface area contributed by atoms with Gasteiger partial charge in [0.25, 0.3) is 5.91 Å². The zero-order chi connectivity index (χ0) is 23.1. The number of nitrogens with one attached hydrogen (secondary N) is 2. The van der Waals surface area contributed by atoms with Crippen molar-refractivity contribution in [3.05, 3.63) is 90.3 Å². The molecule has 1 aromatic heterocycles. The first-order valence-corrected chi connectivity index (χ1v) is 11.7. The van der Waals surface area contributed by atoms with Crippen molar-refractivity contribution in [2.24, 2.45) is 0 Å². The van der Waals surface area contributed by atoms with Gasteiger partial charge in [0.15, 0.2) is 0 Å². The Bertz CT molecular complexity index is 1180. The topological polar surface area (TPSA) is 108 Å². The van der Waals surface area contributed by atoms with Gasteiger partial charge in [-0.2, -0.15) is 0 Å². The summed E-state index contributed by atoms with van der Waals surface area (Å²) in [4.78, 5) is 29.7. The summed E-state index contributed by atoms with van der Waals surface area (Å²) in [6, 6.07) is 17.5. The second-order valence-corrected chi connectivity index (χ2v) is 9.01. The highest BCUT2D eigenvalue weighted by atomic mass is 32.2. The fourth-order valence-electron chi connectivity index (χ4n) is 3.19. The van der Waals surface area contributed by atoms with Gasteiger partial charge in [0.1, 0.15) is 6.04 Å². The monoisotopic (exact) mass is 452 g/mol. The summed E-state index contributed by atoms with van der Waals surface area (Å²) < 4.78 is 25.9. The van der Waals surface area contributed by atoms with E-state index < -0.39 is 22.0 Å². The first-order valence-electron chi connectivity index (χ1n) is 9.89. The van der Waals surface area contributed by atoms with Gasteiger partial charge in [-0.1, -0.05) is 36.4 Å². The van der Waals surface area contributed by atoms with E-state index in [2.05, 4.69) is 15.6 Å². The molecule has 3 rings (SSSR count). The lowest BCUT2D eigenvalue weighted by Gasteiger charge is -2.28. The molecule has 2 amide bonds. The van der Waals surface area contributed by atoms with Gasteiger partial charge in [0.2, 0.25) is 15.9 Å². The SMILES string of the molecule is C[C@@H](C(=O)Nc1ccccc1C(=O)NCc1cccnc1)N(c1ccccc1)S(C)(=O)=O. The maximum Gasteiger partial charge on any atom is 0.253 e. The number of sulfonamides is 1. The highest BCUT2D eigenvalue weighted by Crippen LogP contribution is 2.22. The number of amides is 2. The highest BCUT2D eigenvalue weighted by molar-refractivity contribution is 7.92. The fraction of sp³-hybridized carbons (Fsp3) is 0.174. The van der Waals surface area contributed by atoms with Crippen LogP contribution in [-0.4, -0.2) is 37.5 Å². The molecule has 3 aromatic rings. The van der Waals surface area contributed by atoms with Gasteiger partial charge in [-0.05, 0) is 42.8 Å². The number of hydrogen-bond acceptors (Lipinski definition) is 5. The lowest BCUT2D eigenvalue weighted by atomic mass is 10.1. The summed E-state index contributed by atoms with van der Waals surface area (Å²) in [5, 5.41) is 5.49. The van der Waals surface area contributed by atoms with Crippen molar-refractivity contribution in [3.8, 4) is 0 Å². The molecule has 166 valence electrons. The predicted molar refractivity (Wildman–Crippen MR) is 124 cm³/mol. The molecule has 0 radical (unpaired) electrons. The van der Waals surface area contributed by atoms with E-state index in [1.54, 1.807) is 73.1 Å². The first kappa shape index (κ1) is 23.0. The summed E-state index contributed by atoms with van der Waals surface area (Å²) in [5.74, 6) is -0.938. The molecule has 0 fully saturated rings. The van der Waals surface area contributed by atoms with Crippen LogP contribution >= 0.6 is 0 Å². The zero-order valence-corrected chi connectivity index (χ0v) is 18.5. The molecule has 1 heterocycles. The Labute approximate surface area is 187 Å². The molecule has 0 aliphatic carbocycles. The Hall–Kier alpha value is -3.72. The summed E-state index contributed by atoms with van der Waals surface area (Å²) >= 11 is 0. The number of aromatic nitrogens is 1. The van der Waals surface area contributed by atoms with E-state index >= 15 is 0 Å².